The van der Waals surface area contributed by atoms with Crippen LogP contribution in [0.2, 0.25) is 0 Å². The summed E-state index contributed by atoms with van der Waals surface area (Å²) in [7, 11) is 2.04. The summed E-state index contributed by atoms with van der Waals surface area (Å²) < 4.78 is 2.11. The molecule has 0 saturated carbocycles. The highest BCUT2D eigenvalue weighted by Gasteiger charge is 2.27. The van der Waals surface area contributed by atoms with Gasteiger partial charge >= 0.3 is 0 Å². The van der Waals surface area contributed by atoms with Gasteiger partial charge in [0.05, 0.1) is 22.3 Å². The second-order valence-corrected chi connectivity index (χ2v) is 15.4. The number of aromatic nitrogens is 3. The minimum Gasteiger partial charge on any atom is -0.507 e. The molecule has 1 atom stereocenters. The molecule has 6 aromatic rings. The first-order valence-corrected chi connectivity index (χ1v) is 17.2. The molecule has 4 aromatic carbocycles. The number of hydrogen-bond donors (Lipinski definition) is 1. The van der Waals surface area contributed by atoms with Gasteiger partial charge in [-0.15, -0.1) is 0 Å². The third kappa shape index (κ3) is 6.24. The highest BCUT2D eigenvalue weighted by molar-refractivity contribution is 5.95. The Balaban J connectivity index is 1.25. The summed E-state index contributed by atoms with van der Waals surface area (Å²) in [6.07, 6.45) is 9.79. The maximum atomic E-state index is 11.7. The van der Waals surface area contributed by atoms with E-state index >= 15 is 0 Å². The lowest BCUT2D eigenvalue weighted by atomic mass is 9.79. The zero-order valence-electron chi connectivity index (χ0n) is 29.6. The maximum absolute atomic E-state index is 11.7. The fraction of sp³-hybridized carbons (Fsp3) is 0.244. The molecule has 1 N–H and O–H groups in total. The molecule has 0 saturated heterocycles. The minimum atomic E-state index is -0.226. The molecule has 0 spiro atoms. The molecular formula is C45H45N3O. The number of phenols is 1. The van der Waals surface area contributed by atoms with Crippen molar-refractivity contribution in [1.29, 1.82) is 0 Å². The van der Waals surface area contributed by atoms with Crippen LogP contribution in [0.25, 0.3) is 50.4 Å². The smallest absolute Gasteiger partial charge is 0.144 e. The number of rotatable bonds is 5. The van der Waals surface area contributed by atoms with E-state index in [1.54, 1.807) is 0 Å². The third-order valence-electron chi connectivity index (χ3n) is 9.82. The Morgan fingerprint density at radius 2 is 1.47 bits per heavy atom. The number of fused-ring (bicyclic) bond motifs is 1. The van der Waals surface area contributed by atoms with Crippen LogP contribution in [0.1, 0.15) is 76.1 Å². The number of aryl methyl sites for hydroxylation is 1. The van der Waals surface area contributed by atoms with Crippen molar-refractivity contribution in [3.05, 3.63) is 144 Å². The molecule has 1 unspecified atom stereocenters. The van der Waals surface area contributed by atoms with Crippen LogP contribution in [0.4, 0.5) is 0 Å². The van der Waals surface area contributed by atoms with E-state index in [-0.39, 0.29) is 10.8 Å². The Morgan fingerprint density at radius 3 is 2.18 bits per heavy atom. The van der Waals surface area contributed by atoms with Crippen LogP contribution in [-0.4, -0.2) is 19.6 Å². The van der Waals surface area contributed by atoms with E-state index in [2.05, 4.69) is 161 Å². The standard InChI is InChI=1S/C45H45N3O/c1-44(2,3)35-27-37(42(49)38(28-35)45(4,5)6)43-47-41-36(17-12-18-40(41)48(43)7)33-15-11-16-34(25-33)39-26-32(23-24-46-39)31-21-19-30(20-22-31)29-13-9-8-10-14-29/h8-21,23-28,31,49H,22H2,1-7H3. The van der Waals surface area contributed by atoms with Gasteiger partial charge in [0.1, 0.15) is 11.6 Å². The van der Waals surface area contributed by atoms with Gasteiger partial charge < -0.3 is 9.67 Å². The van der Waals surface area contributed by atoms with E-state index < -0.39 is 0 Å². The normalized spacial score (nSPS) is 15.1. The van der Waals surface area contributed by atoms with Gasteiger partial charge in [-0.25, -0.2) is 4.98 Å². The van der Waals surface area contributed by atoms with Crippen molar-refractivity contribution in [2.75, 3.05) is 0 Å². The number of pyridine rings is 1. The van der Waals surface area contributed by atoms with Gasteiger partial charge in [-0.2, -0.15) is 0 Å². The van der Waals surface area contributed by atoms with Crippen molar-refractivity contribution in [3.8, 4) is 39.5 Å². The number of benzene rings is 4. The summed E-state index contributed by atoms with van der Waals surface area (Å²) in [6.45, 7) is 13.1. The summed E-state index contributed by atoms with van der Waals surface area (Å²) in [4.78, 5) is 10.0. The first-order chi connectivity index (χ1) is 23.4. The van der Waals surface area contributed by atoms with Gasteiger partial charge in [0.2, 0.25) is 0 Å². The number of aromatic hydroxyl groups is 1. The van der Waals surface area contributed by atoms with Crippen molar-refractivity contribution in [3.63, 3.8) is 0 Å². The van der Waals surface area contributed by atoms with Crippen LogP contribution in [0, 0.1) is 0 Å². The van der Waals surface area contributed by atoms with Crippen molar-refractivity contribution in [1.82, 2.24) is 14.5 Å². The zero-order valence-corrected chi connectivity index (χ0v) is 29.6. The lowest BCUT2D eigenvalue weighted by Crippen LogP contribution is -2.17. The highest BCUT2D eigenvalue weighted by atomic mass is 16.3. The average Bonchev–Trinajstić information content (AvgIpc) is 3.44. The third-order valence-corrected chi connectivity index (χ3v) is 9.82. The first-order valence-electron chi connectivity index (χ1n) is 17.2. The molecule has 0 fully saturated rings. The molecule has 4 nitrogen and oxygen atoms in total. The van der Waals surface area contributed by atoms with E-state index in [9.17, 15) is 5.11 Å². The Labute approximate surface area is 290 Å². The van der Waals surface area contributed by atoms with E-state index in [1.807, 2.05) is 13.2 Å². The summed E-state index contributed by atoms with van der Waals surface area (Å²) in [6, 6.07) is 34.1. The molecule has 49 heavy (non-hydrogen) atoms. The minimum absolute atomic E-state index is 0.0843. The number of allylic oxidation sites excluding steroid dienone is 4. The van der Waals surface area contributed by atoms with Crippen LogP contribution in [-0.2, 0) is 17.9 Å². The van der Waals surface area contributed by atoms with Crippen molar-refractivity contribution in [2.45, 2.75) is 64.7 Å². The van der Waals surface area contributed by atoms with Crippen LogP contribution in [0.15, 0.2) is 121 Å². The van der Waals surface area contributed by atoms with E-state index in [0.717, 1.165) is 56.8 Å². The zero-order chi connectivity index (χ0) is 34.5. The second kappa shape index (κ2) is 12.3. The van der Waals surface area contributed by atoms with Crippen LogP contribution < -0.4 is 0 Å². The van der Waals surface area contributed by atoms with Gasteiger partial charge in [-0.05, 0) is 75.4 Å². The summed E-state index contributed by atoms with van der Waals surface area (Å²) in [5.74, 6) is 1.37. The Morgan fingerprint density at radius 1 is 0.735 bits per heavy atom. The molecule has 0 radical (unpaired) electrons. The fourth-order valence-corrected chi connectivity index (χ4v) is 6.89. The van der Waals surface area contributed by atoms with Gasteiger partial charge in [0, 0.05) is 35.9 Å². The van der Waals surface area contributed by atoms with Crippen LogP contribution in [0.5, 0.6) is 5.75 Å². The van der Waals surface area contributed by atoms with Crippen molar-refractivity contribution >= 4 is 16.6 Å². The summed E-state index contributed by atoms with van der Waals surface area (Å²) in [5, 5.41) is 11.7. The van der Waals surface area contributed by atoms with Gasteiger partial charge in [-0.1, -0.05) is 127 Å². The van der Waals surface area contributed by atoms with E-state index in [1.165, 1.54) is 22.3 Å². The quantitative estimate of drug-likeness (QED) is 0.203. The molecule has 0 amide bonds. The van der Waals surface area contributed by atoms with Crippen molar-refractivity contribution < 1.29 is 5.11 Å². The molecular weight excluding hydrogens is 599 g/mol. The maximum Gasteiger partial charge on any atom is 0.144 e. The molecule has 4 heteroatoms. The van der Waals surface area contributed by atoms with E-state index in [0.29, 0.717) is 11.7 Å². The molecule has 7 rings (SSSR count). The molecule has 0 bridgehead atoms. The van der Waals surface area contributed by atoms with Gasteiger partial charge in [-0.3, -0.25) is 4.98 Å². The van der Waals surface area contributed by atoms with Crippen molar-refractivity contribution in [2.24, 2.45) is 7.05 Å². The Kier molecular flexibility index (Phi) is 8.15. The molecule has 2 aromatic heterocycles. The number of para-hydroxylation sites is 1. The largest absolute Gasteiger partial charge is 0.507 e. The Bertz CT molecular complexity index is 2240. The number of phenolic OH excluding ortho intramolecular Hbond substituents is 1. The second-order valence-electron chi connectivity index (χ2n) is 15.4. The molecule has 246 valence electrons. The van der Waals surface area contributed by atoms with Crippen LogP contribution >= 0.6 is 0 Å². The first kappa shape index (κ1) is 32.3. The van der Waals surface area contributed by atoms with E-state index in [4.69, 9.17) is 9.97 Å². The summed E-state index contributed by atoms with van der Waals surface area (Å²) in [5.41, 5.74) is 12.4. The topological polar surface area (TPSA) is 50.9 Å². The number of hydrogen-bond acceptors (Lipinski definition) is 3. The monoisotopic (exact) mass is 643 g/mol. The molecule has 0 aliphatic heterocycles. The lowest BCUT2D eigenvalue weighted by Gasteiger charge is -2.27. The molecule has 2 heterocycles. The Hall–Kier alpha value is -5.22. The number of imidazole rings is 1. The molecule has 1 aliphatic carbocycles. The molecule has 1 aliphatic rings. The average molecular weight is 644 g/mol. The van der Waals surface area contributed by atoms with Gasteiger partial charge in [0.15, 0.2) is 0 Å². The SMILES string of the molecule is Cn1c(-c2cc(C(C)(C)C)cc(C(C)(C)C)c2O)nc2c(-c3cccc(-c4cc(C5C=CC(c6ccccc6)=CC5)ccn4)c3)cccc21. The highest BCUT2D eigenvalue weighted by Crippen LogP contribution is 2.43. The van der Waals surface area contributed by atoms with Gasteiger partial charge in [0.25, 0.3) is 0 Å². The predicted molar refractivity (Wildman–Crippen MR) is 205 cm³/mol. The summed E-state index contributed by atoms with van der Waals surface area (Å²) >= 11 is 0. The van der Waals surface area contributed by atoms with Crippen LogP contribution in [0.3, 0.4) is 0 Å². The number of nitrogens with zero attached hydrogens (tertiary/aromatic N) is 3. The lowest BCUT2D eigenvalue weighted by molar-refractivity contribution is 0.446. The predicted octanol–water partition coefficient (Wildman–Crippen LogP) is 11.4. The fourth-order valence-electron chi connectivity index (χ4n) is 6.89.